The highest BCUT2D eigenvalue weighted by Gasteiger charge is 2.18. The molecule has 212 valence electrons. The van der Waals surface area contributed by atoms with E-state index in [-0.39, 0.29) is 18.8 Å². The van der Waals surface area contributed by atoms with Crippen LogP contribution < -0.4 is 4.74 Å². The van der Waals surface area contributed by atoms with E-state index in [1.165, 1.54) is 82.8 Å². The predicted octanol–water partition coefficient (Wildman–Crippen LogP) is 7.70. The lowest BCUT2D eigenvalue weighted by Crippen LogP contribution is -2.11. The SMILES string of the molecule is C=CC(=O)OCc1cc(C(=O)O)cc(COC(=O)C=C)c1OCCCCCCCCCCCCCCCC. The van der Waals surface area contributed by atoms with E-state index < -0.39 is 17.9 Å². The fourth-order valence-corrected chi connectivity index (χ4v) is 4.16. The van der Waals surface area contributed by atoms with Crippen molar-refractivity contribution in [3.05, 3.63) is 54.1 Å². The normalized spacial score (nSPS) is 10.6. The van der Waals surface area contributed by atoms with E-state index in [0.717, 1.165) is 31.4 Å². The number of hydrogen-bond donors (Lipinski definition) is 1. The zero-order chi connectivity index (χ0) is 28.0. The zero-order valence-corrected chi connectivity index (χ0v) is 23.1. The van der Waals surface area contributed by atoms with Gasteiger partial charge in [0.05, 0.1) is 12.2 Å². The van der Waals surface area contributed by atoms with Gasteiger partial charge in [-0.05, 0) is 18.6 Å². The van der Waals surface area contributed by atoms with Crippen LogP contribution in [0.3, 0.4) is 0 Å². The molecule has 0 fully saturated rings. The van der Waals surface area contributed by atoms with Gasteiger partial charge >= 0.3 is 17.9 Å². The molecule has 0 saturated heterocycles. The Morgan fingerprint density at radius 3 is 1.47 bits per heavy atom. The van der Waals surface area contributed by atoms with Gasteiger partial charge in [0, 0.05) is 23.3 Å². The topological polar surface area (TPSA) is 99.1 Å². The lowest BCUT2D eigenvalue weighted by atomic mass is 10.0. The number of rotatable bonds is 23. The Kier molecular flexibility index (Phi) is 18.1. The van der Waals surface area contributed by atoms with E-state index >= 15 is 0 Å². The molecule has 7 nitrogen and oxygen atoms in total. The molecule has 0 heterocycles. The number of unbranched alkanes of at least 4 members (excludes halogenated alkanes) is 13. The summed E-state index contributed by atoms with van der Waals surface area (Å²) in [6, 6.07) is 2.80. The zero-order valence-electron chi connectivity index (χ0n) is 23.1. The van der Waals surface area contributed by atoms with Gasteiger partial charge in [0.15, 0.2) is 0 Å². The first-order valence-electron chi connectivity index (χ1n) is 14.0. The number of ether oxygens (including phenoxy) is 3. The van der Waals surface area contributed by atoms with Gasteiger partial charge in [0.1, 0.15) is 19.0 Å². The second-order valence-electron chi connectivity index (χ2n) is 9.50. The van der Waals surface area contributed by atoms with Crippen molar-refractivity contribution >= 4 is 17.9 Å². The maximum atomic E-state index is 11.6. The van der Waals surface area contributed by atoms with E-state index in [2.05, 4.69) is 20.1 Å². The molecular weight excluding hydrogens is 484 g/mol. The summed E-state index contributed by atoms with van der Waals surface area (Å²) in [5.74, 6) is -2.07. The second kappa shape index (κ2) is 20.9. The first-order valence-corrected chi connectivity index (χ1v) is 14.0. The molecule has 0 aliphatic heterocycles. The molecule has 0 aliphatic carbocycles. The van der Waals surface area contributed by atoms with Crippen molar-refractivity contribution in [2.24, 2.45) is 0 Å². The Labute approximate surface area is 228 Å². The van der Waals surface area contributed by atoms with Crippen LogP contribution in [0.25, 0.3) is 0 Å². The minimum atomic E-state index is -1.16. The van der Waals surface area contributed by atoms with Crippen LogP contribution in [0.15, 0.2) is 37.4 Å². The average Bonchev–Trinajstić information content (AvgIpc) is 2.92. The van der Waals surface area contributed by atoms with Crippen LogP contribution in [0.2, 0.25) is 0 Å². The van der Waals surface area contributed by atoms with Crippen LogP contribution in [-0.4, -0.2) is 29.6 Å². The molecular formula is C31H46O7. The van der Waals surface area contributed by atoms with Crippen LogP contribution >= 0.6 is 0 Å². The monoisotopic (exact) mass is 530 g/mol. The van der Waals surface area contributed by atoms with Gasteiger partial charge in [0.2, 0.25) is 0 Å². The Morgan fingerprint density at radius 2 is 1.11 bits per heavy atom. The summed E-state index contributed by atoms with van der Waals surface area (Å²) in [7, 11) is 0. The number of carboxylic acid groups (broad SMARTS) is 1. The van der Waals surface area contributed by atoms with Crippen molar-refractivity contribution in [2.45, 2.75) is 110 Å². The number of hydrogen-bond acceptors (Lipinski definition) is 6. The largest absolute Gasteiger partial charge is 0.493 e. The smallest absolute Gasteiger partial charge is 0.335 e. The highest BCUT2D eigenvalue weighted by atomic mass is 16.5. The summed E-state index contributed by atoms with van der Waals surface area (Å²) in [6.07, 6.45) is 19.6. The Balaban J connectivity index is 2.53. The third kappa shape index (κ3) is 14.6. The van der Waals surface area contributed by atoms with E-state index in [1.54, 1.807) is 0 Å². The van der Waals surface area contributed by atoms with Gasteiger partial charge in [-0.15, -0.1) is 0 Å². The molecule has 0 amide bonds. The van der Waals surface area contributed by atoms with Gasteiger partial charge < -0.3 is 19.3 Å². The maximum absolute atomic E-state index is 11.6. The van der Waals surface area contributed by atoms with Crippen molar-refractivity contribution in [3.63, 3.8) is 0 Å². The number of carboxylic acids is 1. The van der Waals surface area contributed by atoms with Gasteiger partial charge in [-0.3, -0.25) is 0 Å². The summed E-state index contributed by atoms with van der Waals surface area (Å²) in [5, 5.41) is 9.50. The molecule has 7 heteroatoms. The molecule has 0 spiro atoms. The van der Waals surface area contributed by atoms with Crippen LogP contribution in [-0.2, 0) is 32.3 Å². The van der Waals surface area contributed by atoms with Crippen molar-refractivity contribution in [2.75, 3.05) is 6.61 Å². The van der Waals surface area contributed by atoms with E-state index in [0.29, 0.717) is 23.5 Å². The van der Waals surface area contributed by atoms with E-state index in [9.17, 15) is 19.5 Å². The molecule has 1 aromatic rings. The van der Waals surface area contributed by atoms with Crippen molar-refractivity contribution in [3.8, 4) is 5.75 Å². The number of carbonyl (C=O) groups is 3. The molecule has 1 aromatic carbocycles. The third-order valence-electron chi connectivity index (χ3n) is 6.31. The number of benzene rings is 1. The van der Waals surface area contributed by atoms with Crippen LogP contribution in [0.5, 0.6) is 5.75 Å². The number of carbonyl (C=O) groups excluding carboxylic acids is 2. The summed E-state index contributed by atoms with van der Waals surface area (Å²) in [5.41, 5.74) is 0.744. The van der Waals surface area contributed by atoms with Gasteiger partial charge in [-0.25, -0.2) is 14.4 Å². The van der Waals surface area contributed by atoms with Gasteiger partial charge in [-0.1, -0.05) is 104 Å². The Hall–Kier alpha value is -3.09. The fraction of sp³-hybridized carbons (Fsp3) is 0.581. The summed E-state index contributed by atoms with van der Waals surface area (Å²) >= 11 is 0. The molecule has 1 N–H and O–H groups in total. The molecule has 38 heavy (non-hydrogen) atoms. The lowest BCUT2D eigenvalue weighted by Gasteiger charge is -2.17. The fourth-order valence-electron chi connectivity index (χ4n) is 4.16. The summed E-state index contributed by atoms with van der Waals surface area (Å²) in [4.78, 5) is 34.8. The van der Waals surface area contributed by atoms with Gasteiger partial charge in [0.25, 0.3) is 0 Å². The second-order valence-corrected chi connectivity index (χ2v) is 9.50. The molecule has 0 unspecified atom stereocenters. The average molecular weight is 531 g/mol. The van der Waals surface area contributed by atoms with Crippen molar-refractivity contribution in [1.82, 2.24) is 0 Å². The van der Waals surface area contributed by atoms with E-state index in [1.807, 2.05) is 0 Å². The Bertz CT molecular complexity index is 830. The van der Waals surface area contributed by atoms with Gasteiger partial charge in [-0.2, -0.15) is 0 Å². The predicted molar refractivity (Wildman–Crippen MR) is 149 cm³/mol. The number of aromatic carboxylic acids is 1. The molecule has 0 aliphatic rings. The summed E-state index contributed by atoms with van der Waals surface area (Å²) in [6.45, 7) is 9.02. The van der Waals surface area contributed by atoms with Crippen molar-refractivity contribution < 1.29 is 33.7 Å². The highest BCUT2D eigenvalue weighted by Crippen LogP contribution is 2.29. The maximum Gasteiger partial charge on any atom is 0.335 e. The molecule has 0 atom stereocenters. The molecule has 0 bridgehead atoms. The van der Waals surface area contributed by atoms with Crippen molar-refractivity contribution in [1.29, 1.82) is 0 Å². The lowest BCUT2D eigenvalue weighted by molar-refractivity contribution is -0.139. The third-order valence-corrected chi connectivity index (χ3v) is 6.31. The Morgan fingerprint density at radius 1 is 0.711 bits per heavy atom. The minimum Gasteiger partial charge on any atom is -0.493 e. The molecule has 0 radical (unpaired) electrons. The first-order chi connectivity index (χ1) is 18.4. The highest BCUT2D eigenvalue weighted by molar-refractivity contribution is 5.88. The minimum absolute atomic E-state index is 0.0249. The quantitative estimate of drug-likeness (QED) is 0.0879. The standard InChI is InChI=1S/C31H46O7/c1-4-7-8-9-10-11-12-13-14-15-16-17-18-19-20-36-30-26(23-37-28(32)5-2)21-25(31(34)35)22-27(30)24-38-29(33)6-3/h5-6,21-22H,2-4,7-20,23-24H2,1H3,(H,34,35). The van der Waals surface area contributed by atoms with E-state index in [4.69, 9.17) is 14.2 Å². The van der Waals surface area contributed by atoms with Crippen LogP contribution in [0.1, 0.15) is 118 Å². The molecule has 0 aromatic heterocycles. The molecule has 0 saturated carbocycles. The summed E-state index contributed by atoms with van der Waals surface area (Å²) < 4.78 is 16.3. The van der Waals surface area contributed by atoms with Crippen LogP contribution in [0, 0.1) is 0 Å². The van der Waals surface area contributed by atoms with Crippen LogP contribution in [0.4, 0.5) is 0 Å². The first kappa shape index (κ1) is 32.9. The molecule has 1 rings (SSSR count). The number of esters is 2.